The SMILES string of the molecule is CCc1c(NC)ncnc1NCC(=O)NC1CC1. The van der Waals surface area contributed by atoms with E-state index in [4.69, 9.17) is 0 Å². The van der Waals surface area contributed by atoms with Crippen LogP contribution in [0.2, 0.25) is 0 Å². The van der Waals surface area contributed by atoms with E-state index in [9.17, 15) is 4.79 Å². The molecule has 3 N–H and O–H groups in total. The highest BCUT2D eigenvalue weighted by molar-refractivity contribution is 5.81. The first-order chi connectivity index (χ1) is 8.74. The maximum Gasteiger partial charge on any atom is 0.239 e. The molecule has 1 aromatic rings. The van der Waals surface area contributed by atoms with Crippen LogP contribution in [0.25, 0.3) is 0 Å². The summed E-state index contributed by atoms with van der Waals surface area (Å²) in [7, 11) is 1.82. The normalized spacial score (nSPS) is 14.1. The summed E-state index contributed by atoms with van der Waals surface area (Å²) in [5.74, 6) is 1.55. The van der Waals surface area contributed by atoms with Crippen molar-refractivity contribution in [1.29, 1.82) is 0 Å². The number of aromatic nitrogens is 2. The van der Waals surface area contributed by atoms with Gasteiger partial charge in [-0.05, 0) is 19.3 Å². The highest BCUT2D eigenvalue weighted by atomic mass is 16.2. The van der Waals surface area contributed by atoms with E-state index in [-0.39, 0.29) is 12.5 Å². The van der Waals surface area contributed by atoms with Crippen molar-refractivity contribution in [3.05, 3.63) is 11.9 Å². The Morgan fingerprint density at radius 2 is 2.11 bits per heavy atom. The Balaban J connectivity index is 1.96. The van der Waals surface area contributed by atoms with Gasteiger partial charge in [-0.1, -0.05) is 6.92 Å². The van der Waals surface area contributed by atoms with Crippen LogP contribution in [0.3, 0.4) is 0 Å². The van der Waals surface area contributed by atoms with Gasteiger partial charge >= 0.3 is 0 Å². The van der Waals surface area contributed by atoms with E-state index >= 15 is 0 Å². The Bertz CT molecular complexity index is 430. The number of hydrogen-bond donors (Lipinski definition) is 3. The molecular formula is C12H19N5O. The lowest BCUT2D eigenvalue weighted by atomic mass is 10.2. The second kappa shape index (κ2) is 5.66. The van der Waals surface area contributed by atoms with Crippen molar-refractivity contribution in [1.82, 2.24) is 15.3 Å². The van der Waals surface area contributed by atoms with Gasteiger partial charge in [-0.15, -0.1) is 0 Å². The van der Waals surface area contributed by atoms with Crippen LogP contribution in [0.4, 0.5) is 11.6 Å². The van der Waals surface area contributed by atoms with E-state index in [1.54, 1.807) is 0 Å². The lowest BCUT2D eigenvalue weighted by molar-refractivity contribution is -0.119. The molecule has 0 radical (unpaired) electrons. The summed E-state index contributed by atoms with van der Waals surface area (Å²) in [6, 6.07) is 0.392. The third-order valence-electron chi connectivity index (χ3n) is 2.89. The first-order valence-electron chi connectivity index (χ1n) is 6.29. The molecule has 1 aliphatic carbocycles. The molecule has 1 saturated carbocycles. The zero-order valence-electron chi connectivity index (χ0n) is 10.8. The number of carbonyl (C=O) groups excluding carboxylic acids is 1. The van der Waals surface area contributed by atoms with Gasteiger partial charge in [0.15, 0.2) is 0 Å². The summed E-state index contributed by atoms with van der Waals surface area (Å²) in [4.78, 5) is 19.9. The molecule has 1 aromatic heterocycles. The van der Waals surface area contributed by atoms with Crippen molar-refractivity contribution >= 4 is 17.5 Å². The van der Waals surface area contributed by atoms with Gasteiger partial charge < -0.3 is 16.0 Å². The summed E-state index contributed by atoms with van der Waals surface area (Å²) in [6.45, 7) is 2.29. The molecule has 0 spiro atoms. The molecule has 98 valence electrons. The fourth-order valence-corrected chi connectivity index (χ4v) is 1.79. The number of anilines is 2. The van der Waals surface area contributed by atoms with Crippen LogP contribution >= 0.6 is 0 Å². The first-order valence-corrected chi connectivity index (χ1v) is 6.29. The van der Waals surface area contributed by atoms with Crippen molar-refractivity contribution in [3.8, 4) is 0 Å². The van der Waals surface area contributed by atoms with Gasteiger partial charge in [0, 0.05) is 18.7 Å². The van der Waals surface area contributed by atoms with E-state index in [1.165, 1.54) is 6.33 Å². The molecule has 1 aliphatic rings. The average molecular weight is 249 g/mol. The first kappa shape index (κ1) is 12.6. The summed E-state index contributed by atoms with van der Waals surface area (Å²) < 4.78 is 0. The molecular weight excluding hydrogens is 230 g/mol. The monoisotopic (exact) mass is 249 g/mol. The molecule has 0 aliphatic heterocycles. The predicted molar refractivity (Wildman–Crippen MR) is 70.6 cm³/mol. The highest BCUT2D eigenvalue weighted by Gasteiger charge is 2.23. The van der Waals surface area contributed by atoms with E-state index in [0.29, 0.717) is 6.04 Å². The summed E-state index contributed by atoms with van der Waals surface area (Å²) in [5, 5.41) is 9.02. The molecule has 1 heterocycles. The Labute approximate surface area is 107 Å². The number of nitrogens with zero attached hydrogens (tertiary/aromatic N) is 2. The Kier molecular flexibility index (Phi) is 3.96. The molecule has 0 unspecified atom stereocenters. The molecule has 6 nitrogen and oxygen atoms in total. The fraction of sp³-hybridized carbons (Fsp3) is 0.583. The van der Waals surface area contributed by atoms with Crippen LogP contribution in [-0.4, -0.2) is 35.5 Å². The van der Waals surface area contributed by atoms with Crippen LogP contribution < -0.4 is 16.0 Å². The lowest BCUT2D eigenvalue weighted by Gasteiger charge is -2.12. The van der Waals surface area contributed by atoms with Crippen molar-refractivity contribution < 1.29 is 4.79 Å². The van der Waals surface area contributed by atoms with Gasteiger partial charge in [0.2, 0.25) is 5.91 Å². The van der Waals surface area contributed by atoms with Crippen LogP contribution in [0, 0.1) is 0 Å². The second-order valence-corrected chi connectivity index (χ2v) is 4.35. The van der Waals surface area contributed by atoms with Gasteiger partial charge in [-0.2, -0.15) is 0 Å². The minimum absolute atomic E-state index is 0.0178. The number of amides is 1. The molecule has 1 fully saturated rings. The Morgan fingerprint density at radius 1 is 1.39 bits per heavy atom. The smallest absolute Gasteiger partial charge is 0.239 e. The fourth-order valence-electron chi connectivity index (χ4n) is 1.79. The average Bonchev–Trinajstić information content (AvgIpc) is 3.19. The number of rotatable bonds is 6. The number of nitrogens with one attached hydrogen (secondary N) is 3. The van der Waals surface area contributed by atoms with E-state index in [1.807, 2.05) is 14.0 Å². The van der Waals surface area contributed by atoms with Gasteiger partial charge in [0.25, 0.3) is 0 Å². The summed E-state index contributed by atoms with van der Waals surface area (Å²) in [6.07, 6.45) is 4.50. The van der Waals surface area contributed by atoms with Crippen LogP contribution in [0.1, 0.15) is 25.3 Å². The van der Waals surface area contributed by atoms with Crippen LogP contribution in [0.5, 0.6) is 0 Å². The second-order valence-electron chi connectivity index (χ2n) is 4.35. The Hall–Kier alpha value is -1.85. The standard InChI is InChI=1S/C12H19N5O/c1-3-9-11(13-2)15-7-16-12(9)14-6-10(18)17-8-4-5-8/h7-8H,3-6H2,1-2H3,(H,17,18)(H2,13,14,15,16). The van der Waals surface area contributed by atoms with Gasteiger partial charge in [0.1, 0.15) is 18.0 Å². The predicted octanol–water partition coefficient (Wildman–Crippen LogP) is 0.771. The molecule has 2 rings (SSSR count). The highest BCUT2D eigenvalue weighted by Crippen LogP contribution is 2.20. The zero-order chi connectivity index (χ0) is 13.0. The minimum atomic E-state index is 0.0178. The van der Waals surface area contributed by atoms with Crippen molar-refractivity contribution in [2.75, 3.05) is 24.2 Å². The minimum Gasteiger partial charge on any atom is -0.373 e. The number of hydrogen-bond acceptors (Lipinski definition) is 5. The number of carbonyl (C=O) groups is 1. The third-order valence-corrected chi connectivity index (χ3v) is 2.89. The van der Waals surface area contributed by atoms with Crippen LogP contribution in [-0.2, 0) is 11.2 Å². The van der Waals surface area contributed by atoms with Gasteiger partial charge in [-0.25, -0.2) is 9.97 Å². The zero-order valence-corrected chi connectivity index (χ0v) is 10.8. The summed E-state index contributed by atoms with van der Waals surface area (Å²) >= 11 is 0. The van der Waals surface area contributed by atoms with E-state index in [0.717, 1.165) is 36.5 Å². The molecule has 18 heavy (non-hydrogen) atoms. The van der Waals surface area contributed by atoms with Crippen molar-refractivity contribution in [2.45, 2.75) is 32.2 Å². The quantitative estimate of drug-likeness (QED) is 0.694. The van der Waals surface area contributed by atoms with Gasteiger partial charge in [0.05, 0.1) is 6.54 Å². The topological polar surface area (TPSA) is 78.9 Å². The molecule has 0 bridgehead atoms. The molecule has 6 heteroatoms. The largest absolute Gasteiger partial charge is 0.373 e. The van der Waals surface area contributed by atoms with E-state index < -0.39 is 0 Å². The summed E-state index contributed by atoms with van der Waals surface area (Å²) in [5.41, 5.74) is 0.999. The van der Waals surface area contributed by atoms with E-state index in [2.05, 4.69) is 25.9 Å². The maximum atomic E-state index is 11.6. The molecule has 0 saturated heterocycles. The van der Waals surface area contributed by atoms with Crippen molar-refractivity contribution in [2.24, 2.45) is 0 Å². The Morgan fingerprint density at radius 3 is 2.72 bits per heavy atom. The molecule has 1 amide bonds. The molecule has 0 aromatic carbocycles. The van der Waals surface area contributed by atoms with Crippen LogP contribution in [0.15, 0.2) is 6.33 Å². The lowest BCUT2D eigenvalue weighted by Crippen LogP contribution is -2.31. The maximum absolute atomic E-state index is 11.6. The third kappa shape index (κ3) is 3.09. The van der Waals surface area contributed by atoms with Crippen molar-refractivity contribution in [3.63, 3.8) is 0 Å². The van der Waals surface area contributed by atoms with Gasteiger partial charge in [-0.3, -0.25) is 4.79 Å². The molecule has 0 atom stereocenters.